The van der Waals surface area contributed by atoms with E-state index in [1.807, 2.05) is 6.07 Å². The number of ether oxygens (including phenoxy) is 2. The highest BCUT2D eigenvalue weighted by Gasteiger charge is 2.32. The monoisotopic (exact) mass is 318 g/mol. The molecular formula is C16H18N2O5. The van der Waals surface area contributed by atoms with Crippen molar-refractivity contribution >= 4 is 23.3 Å². The molecule has 23 heavy (non-hydrogen) atoms. The molecule has 0 unspecified atom stereocenters. The Hall–Kier alpha value is -2.83. The third-order valence-corrected chi connectivity index (χ3v) is 2.87. The van der Waals surface area contributed by atoms with Gasteiger partial charge in [-0.15, -0.1) is 0 Å². The molecule has 0 saturated heterocycles. The molecule has 2 rings (SSSR count). The maximum Gasteiger partial charge on any atom is 0.347 e. The van der Waals surface area contributed by atoms with E-state index < -0.39 is 24.3 Å². The van der Waals surface area contributed by atoms with Crippen molar-refractivity contribution in [3.8, 4) is 0 Å². The summed E-state index contributed by atoms with van der Waals surface area (Å²) < 4.78 is 10.1. The van der Waals surface area contributed by atoms with Crippen molar-refractivity contribution in [3.63, 3.8) is 0 Å². The van der Waals surface area contributed by atoms with Crippen LogP contribution in [0.1, 0.15) is 13.8 Å². The molecule has 0 saturated carbocycles. The van der Waals surface area contributed by atoms with E-state index in [0.717, 1.165) is 0 Å². The number of rotatable bonds is 6. The number of ketones is 1. The largest absolute Gasteiger partial charge is 0.470 e. The van der Waals surface area contributed by atoms with Crippen molar-refractivity contribution in [2.24, 2.45) is 0 Å². The molecule has 1 amide bonds. The molecule has 0 spiro atoms. The first-order chi connectivity index (χ1) is 11.0. The summed E-state index contributed by atoms with van der Waals surface area (Å²) in [5, 5.41) is 5.44. The summed E-state index contributed by atoms with van der Waals surface area (Å²) in [7, 11) is 0. The van der Waals surface area contributed by atoms with Crippen LogP contribution < -0.4 is 10.6 Å². The maximum absolute atomic E-state index is 12.0. The summed E-state index contributed by atoms with van der Waals surface area (Å²) in [6.45, 7) is 2.89. The number of Topliss-reactive ketones (excluding diaryl/α,β-unsaturated/α-hetero) is 1. The Balaban J connectivity index is 2.04. The second kappa shape index (κ2) is 7.44. The summed E-state index contributed by atoms with van der Waals surface area (Å²) in [5.41, 5.74) is 0.450. The number of benzene rings is 1. The minimum absolute atomic E-state index is 0.0375. The van der Waals surface area contributed by atoms with Crippen molar-refractivity contribution in [1.82, 2.24) is 5.32 Å². The Morgan fingerprint density at radius 3 is 2.61 bits per heavy atom. The zero-order valence-electron chi connectivity index (χ0n) is 12.9. The van der Waals surface area contributed by atoms with Crippen LogP contribution in [0.15, 0.2) is 41.8 Å². The molecule has 1 heterocycles. The highest BCUT2D eigenvalue weighted by molar-refractivity contribution is 6.20. The topological polar surface area (TPSA) is 93.7 Å². The molecule has 1 aromatic carbocycles. The lowest BCUT2D eigenvalue weighted by Crippen LogP contribution is -2.34. The van der Waals surface area contributed by atoms with Gasteiger partial charge >= 0.3 is 5.97 Å². The molecule has 0 atom stereocenters. The van der Waals surface area contributed by atoms with Crippen molar-refractivity contribution in [2.45, 2.75) is 19.9 Å². The zero-order chi connectivity index (χ0) is 16.8. The van der Waals surface area contributed by atoms with Crippen LogP contribution in [0, 0.1) is 0 Å². The molecule has 0 fully saturated rings. The van der Waals surface area contributed by atoms with E-state index in [2.05, 4.69) is 10.6 Å². The number of carbonyl (C=O) groups is 3. The Bertz CT molecular complexity index is 637. The molecule has 1 aliphatic rings. The van der Waals surface area contributed by atoms with Gasteiger partial charge in [0, 0.05) is 11.7 Å². The van der Waals surface area contributed by atoms with Crippen LogP contribution in [0.25, 0.3) is 0 Å². The Morgan fingerprint density at radius 1 is 1.26 bits per heavy atom. The number of hydrogen-bond acceptors (Lipinski definition) is 6. The standard InChI is InChI=1S/C16H18N2O5/c1-10(2)17-13(20)9-23-16(21)14-12(19)8-22-15(14)18-11-6-4-3-5-7-11/h3-7,10,18H,8-9H2,1-2H3,(H,17,20). The smallest absolute Gasteiger partial charge is 0.347 e. The number of anilines is 1. The molecule has 0 radical (unpaired) electrons. The third kappa shape index (κ3) is 4.57. The minimum atomic E-state index is -0.884. The van der Waals surface area contributed by atoms with Crippen molar-refractivity contribution in [2.75, 3.05) is 18.5 Å². The lowest BCUT2D eigenvalue weighted by molar-refractivity contribution is -0.145. The number of hydrogen-bond donors (Lipinski definition) is 2. The van der Waals surface area contributed by atoms with Crippen LogP contribution in [0.2, 0.25) is 0 Å². The molecule has 7 heteroatoms. The van der Waals surface area contributed by atoms with Gasteiger partial charge in [-0.25, -0.2) is 4.79 Å². The molecule has 1 aliphatic heterocycles. The molecule has 0 aromatic heterocycles. The quantitative estimate of drug-likeness (QED) is 0.600. The fraction of sp³-hybridized carbons (Fsp3) is 0.312. The fourth-order valence-corrected chi connectivity index (χ4v) is 1.93. The molecular weight excluding hydrogens is 300 g/mol. The third-order valence-electron chi connectivity index (χ3n) is 2.87. The molecule has 0 aliphatic carbocycles. The first kappa shape index (κ1) is 16.5. The van der Waals surface area contributed by atoms with Crippen LogP contribution in [-0.2, 0) is 23.9 Å². The average molecular weight is 318 g/mol. The van der Waals surface area contributed by atoms with Gasteiger partial charge in [0.25, 0.3) is 5.91 Å². The van der Waals surface area contributed by atoms with Gasteiger partial charge in [-0.2, -0.15) is 0 Å². The van der Waals surface area contributed by atoms with Gasteiger partial charge < -0.3 is 20.1 Å². The number of esters is 1. The van der Waals surface area contributed by atoms with Crippen molar-refractivity contribution in [3.05, 3.63) is 41.8 Å². The first-order valence-electron chi connectivity index (χ1n) is 7.16. The summed E-state index contributed by atoms with van der Waals surface area (Å²) in [4.78, 5) is 35.4. The molecule has 7 nitrogen and oxygen atoms in total. The summed E-state index contributed by atoms with van der Waals surface area (Å²) >= 11 is 0. The van der Waals surface area contributed by atoms with Gasteiger partial charge in [0.05, 0.1) is 0 Å². The highest BCUT2D eigenvalue weighted by Crippen LogP contribution is 2.20. The molecule has 2 N–H and O–H groups in total. The number of para-hydroxylation sites is 1. The fourth-order valence-electron chi connectivity index (χ4n) is 1.93. The molecule has 122 valence electrons. The summed E-state index contributed by atoms with van der Waals surface area (Å²) in [6.07, 6.45) is 0. The van der Waals surface area contributed by atoms with Gasteiger partial charge in [-0.1, -0.05) is 18.2 Å². The van der Waals surface area contributed by atoms with Gasteiger partial charge in [-0.05, 0) is 26.0 Å². The zero-order valence-corrected chi connectivity index (χ0v) is 12.9. The van der Waals surface area contributed by atoms with Crippen LogP contribution in [-0.4, -0.2) is 36.9 Å². The predicted octanol–water partition coefficient (Wildman–Crippen LogP) is 0.977. The van der Waals surface area contributed by atoms with Crippen LogP contribution >= 0.6 is 0 Å². The average Bonchev–Trinajstić information content (AvgIpc) is 2.86. The van der Waals surface area contributed by atoms with Crippen LogP contribution in [0.4, 0.5) is 5.69 Å². The van der Waals surface area contributed by atoms with E-state index in [4.69, 9.17) is 9.47 Å². The van der Waals surface area contributed by atoms with E-state index in [1.54, 1.807) is 38.1 Å². The molecule has 0 bridgehead atoms. The second-order valence-corrected chi connectivity index (χ2v) is 5.21. The Labute approximate surface area is 133 Å². The number of nitrogens with one attached hydrogen (secondary N) is 2. The van der Waals surface area contributed by atoms with E-state index in [9.17, 15) is 14.4 Å². The highest BCUT2D eigenvalue weighted by atomic mass is 16.5. The van der Waals surface area contributed by atoms with Gasteiger partial charge in [0.15, 0.2) is 18.8 Å². The minimum Gasteiger partial charge on any atom is -0.470 e. The van der Waals surface area contributed by atoms with Gasteiger partial charge in [-0.3, -0.25) is 9.59 Å². The van der Waals surface area contributed by atoms with Crippen molar-refractivity contribution in [1.29, 1.82) is 0 Å². The van der Waals surface area contributed by atoms with E-state index >= 15 is 0 Å². The summed E-state index contributed by atoms with van der Waals surface area (Å²) in [6, 6.07) is 8.90. The van der Waals surface area contributed by atoms with Gasteiger partial charge in [0.2, 0.25) is 11.7 Å². The molecule has 1 aromatic rings. The lowest BCUT2D eigenvalue weighted by atomic mass is 10.2. The maximum atomic E-state index is 12.0. The predicted molar refractivity (Wildman–Crippen MR) is 82.3 cm³/mol. The van der Waals surface area contributed by atoms with Gasteiger partial charge in [0.1, 0.15) is 0 Å². The Morgan fingerprint density at radius 2 is 1.96 bits per heavy atom. The van der Waals surface area contributed by atoms with Crippen LogP contribution in [0.3, 0.4) is 0 Å². The SMILES string of the molecule is CC(C)NC(=O)COC(=O)C1=C(Nc2ccccc2)OCC1=O. The second-order valence-electron chi connectivity index (χ2n) is 5.21. The number of carbonyl (C=O) groups excluding carboxylic acids is 3. The lowest BCUT2D eigenvalue weighted by Gasteiger charge is -2.10. The summed E-state index contributed by atoms with van der Waals surface area (Å²) in [5.74, 6) is -1.77. The normalized spacial score (nSPS) is 13.8. The van der Waals surface area contributed by atoms with E-state index in [1.165, 1.54) is 0 Å². The first-order valence-corrected chi connectivity index (χ1v) is 7.16. The van der Waals surface area contributed by atoms with Crippen molar-refractivity contribution < 1.29 is 23.9 Å². The Kier molecular flexibility index (Phi) is 5.35. The number of amides is 1. The van der Waals surface area contributed by atoms with Crippen LogP contribution in [0.5, 0.6) is 0 Å². The van der Waals surface area contributed by atoms with E-state index in [0.29, 0.717) is 5.69 Å². The van der Waals surface area contributed by atoms with E-state index in [-0.39, 0.29) is 24.1 Å².